The summed E-state index contributed by atoms with van der Waals surface area (Å²) in [5, 5.41) is 46.2. The Bertz CT molecular complexity index is 7330. The predicted octanol–water partition coefficient (Wildman–Crippen LogP) is 10.6. The normalized spacial score (nSPS) is 18.6. The van der Waals surface area contributed by atoms with Crippen LogP contribution in [0.4, 0.5) is 42.8 Å². The van der Waals surface area contributed by atoms with Crippen LogP contribution < -0.4 is 76.8 Å². The molecule has 1 saturated carbocycles. The van der Waals surface area contributed by atoms with E-state index in [1.54, 1.807) is 46.5 Å². The SMILES string of the molecule is COc1cc(C)c(C)cc1N1CCC(=O)NC1=O.COc1ccc(C)cc1N1CCC(=O)NC1=O.COc1ccc(C)cc1N1CCC(=O)NC1=O.Cc1cc2c(cn1)NC(=O)C2.Cc1cc2nnn(C3CCC(=O)NC3=O)c2cc1C.Cc1ccc2c(c1)CC(=O)N2.Cc1ccc2c(c1)CN(C1CC3(CC3)C(=O)NC1=O)C2=O.Cc1ccc2c(c1)nnn2C1CCC(=O)NC1=O.Cc1ccc2nnn(C3CCC(=O)NC3=O)c2c1. The number of amides is 20. The second kappa shape index (κ2) is 45.9. The van der Waals surface area contributed by atoms with E-state index in [0.717, 1.165) is 130 Å². The molecule has 8 fully saturated rings. The quantitative estimate of drug-likeness (QED) is 0.0574. The van der Waals surface area contributed by atoms with Crippen molar-refractivity contribution < 1.29 is 95.7 Å². The smallest absolute Gasteiger partial charge is 0.328 e. The van der Waals surface area contributed by atoms with E-state index < -0.39 is 47.7 Å². The molecule has 0 bridgehead atoms. The molecular weight excluding hydrogens is 1930 g/mol. The molecule has 10 aliphatic heterocycles. The number of pyridine rings is 1. The molecule has 778 valence electrons. The van der Waals surface area contributed by atoms with Crippen LogP contribution in [0.3, 0.4) is 0 Å². The Morgan fingerprint density at radius 1 is 0.327 bits per heavy atom. The Morgan fingerprint density at radius 3 is 1.22 bits per heavy atom. The second-order valence-corrected chi connectivity index (χ2v) is 38.1. The Kier molecular flexibility index (Phi) is 32.6. The number of carbonyl (C=O) groups excluding carboxylic acids is 17. The standard InChI is InChI=1S/C16H16N2O3.C13H14N4O2.C13H16N2O3.2C12H12N4O2.2C12H14N2O3.C9H9NO.C8H8N2O/c1-9-2-3-11-10(6-9)8-18(14(11)20)12-7-16(4-5-16)15(21)17-13(12)19;1-7-5-9-11(6-8(7)2)17(16-15-9)10-3-4-12(18)14-13(10)19;1-8-6-10(11(18-3)7-9(8)2)15-5-4-12(16)14-13(15)17;1-7-2-3-9-8(6-7)14-15-16(9)10-4-5-11(17)13-12(10)18;1-7-2-3-8-10(6-7)16(15-14-8)9-4-5-11(17)13-12(9)18;2*1-8-3-4-10(17-2)9(7-8)14-6-5-11(15)13-12(14)16;1-6-2-3-8-7(4-6)5-9(11)10-8;1-5-2-6-3-8(11)10-7(6)4-9-5/h2-3,6,12H,4-5,7-8H2,1H3,(H,17,19,21);5-6,10H,3-4H2,1-2H3,(H,14,18,19);6-7H,4-5H2,1-3H3,(H,14,16,17);2-3,6,10H,4-5H2,1H3,(H,13,17,18);2-3,6,9H,4-5H2,1H3,(H,13,17,18);2*3-4,7H,5-6H2,1-2H3,(H,13,15,16);2-4H,5H2,1H3,(H,10,11);2,4H,3H2,1H3,(H,10,11). The van der Waals surface area contributed by atoms with Crippen molar-refractivity contribution in [2.24, 2.45) is 5.41 Å². The minimum absolute atomic E-state index is 0.0624. The number of nitrogens with one attached hydrogen (secondary N) is 9. The number of carbonyl (C=O) groups is 17. The monoisotopic (exact) mass is 2040 g/mol. The van der Waals surface area contributed by atoms with Crippen LogP contribution in [0.2, 0.25) is 0 Å². The number of hydrogen-bond donors (Lipinski definition) is 9. The lowest BCUT2D eigenvalue weighted by Crippen LogP contribution is -2.56. The molecule has 0 radical (unpaired) electrons. The first kappa shape index (κ1) is 107. The molecule has 23 rings (SSSR count). The van der Waals surface area contributed by atoms with Gasteiger partial charge >= 0.3 is 18.1 Å². The molecule has 43 nitrogen and oxygen atoms in total. The summed E-state index contributed by atoms with van der Waals surface area (Å²) in [4.78, 5) is 206. The minimum Gasteiger partial charge on any atom is -0.495 e. The number of aryl methyl sites for hydroxylation is 11. The van der Waals surface area contributed by atoms with E-state index in [1.807, 2.05) is 216 Å². The number of anilines is 5. The van der Waals surface area contributed by atoms with Gasteiger partial charge in [0.05, 0.1) is 85.1 Å². The molecule has 4 unspecified atom stereocenters. The van der Waals surface area contributed by atoms with Gasteiger partial charge in [-0.25, -0.2) is 28.4 Å². The van der Waals surface area contributed by atoms with E-state index in [4.69, 9.17) is 14.2 Å². The van der Waals surface area contributed by atoms with E-state index in [1.165, 1.54) is 20.3 Å². The zero-order chi connectivity index (χ0) is 108. The number of imide groups is 7. The molecule has 9 N–H and O–H groups in total. The number of piperidine rings is 4. The summed E-state index contributed by atoms with van der Waals surface area (Å²) in [6.45, 7) is 23.3. The number of aromatic nitrogens is 10. The number of nitrogens with zero attached hydrogens (tertiary/aromatic N) is 14. The largest absolute Gasteiger partial charge is 0.495 e. The predicted molar refractivity (Wildman–Crippen MR) is 549 cm³/mol. The van der Waals surface area contributed by atoms with E-state index in [-0.39, 0.29) is 82.7 Å². The summed E-state index contributed by atoms with van der Waals surface area (Å²) >= 11 is 0. The van der Waals surface area contributed by atoms with Crippen molar-refractivity contribution in [3.63, 3.8) is 0 Å². The van der Waals surface area contributed by atoms with Gasteiger partial charge in [0.1, 0.15) is 58.0 Å². The minimum atomic E-state index is -0.523. The number of ether oxygens (including phenoxy) is 3. The summed E-state index contributed by atoms with van der Waals surface area (Å²) < 4.78 is 20.6. The highest BCUT2D eigenvalue weighted by molar-refractivity contribution is 6.11. The van der Waals surface area contributed by atoms with Crippen LogP contribution in [0.1, 0.15) is 184 Å². The number of urea groups is 3. The van der Waals surface area contributed by atoms with Gasteiger partial charge in [0.2, 0.25) is 59.1 Å². The third-order valence-corrected chi connectivity index (χ3v) is 26.9. The fourth-order valence-electron chi connectivity index (χ4n) is 18.3. The summed E-state index contributed by atoms with van der Waals surface area (Å²) in [7, 11) is 4.68. The first-order valence-electron chi connectivity index (χ1n) is 48.8. The molecule has 1 aliphatic carbocycles. The van der Waals surface area contributed by atoms with Crippen LogP contribution in [0, 0.1) is 81.6 Å². The average Bonchev–Trinajstić information content (AvgIpc) is 1.58. The lowest BCUT2D eigenvalue weighted by atomic mass is 9.90. The molecule has 8 aromatic carbocycles. The summed E-state index contributed by atoms with van der Waals surface area (Å²) in [5.74, 6) is -0.851. The van der Waals surface area contributed by atoms with Gasteiger partial charge < -0.3 is 29.7 Å². The molecule has 20 amide bonds. The maximum Gasteiger partial charge on any atom is 0.328 e. The van der Waals surface area contributed by atoms with Crippen molar-refractivity contribution in [3.8, 4) is 17.2 Å². The van der Waals surface area contributed by atoms with Gasteiger partial charge in [-0.05, 0) is 267 Å². The van der Waals surface area contributed by atoms with Crippen molar-refractivity contribution in [3.05, 3.63) is 229 Å². The van der Waals surface area contributed by atoms with E-state index in [2.05, 4.69) is 83.8 Å². The molecule has 12 aromatic rings. The van der Waals surface area contributed by atoms with Gasteiger partial charge in [0.15, 0.2) is 0 Å². The van der Waals surface area contributed by atoms with Crippen LogP contribution in [0.5, 0.6) is 17.2 Å². The number of fused-ring (bicyclic) bond motifs is 6. The molecular formula is C107H115N23O20. The number of hydrogen-bond acceptors (Lipinski definition) is 27. The first-order chi connectivity index (χ1) is 71.6. The summed E-state index contributed by atoms with van der Waals surface area (Å²) in [6, 6.07) is 41.1. The summed E-state index contributed by atoms with van der Waals surface area (Å²) in [6.07, 6.45) is 8.18. The van der Waals surface area contributed by atoms with Crippen LogP contribution in [0.15, 0.2) is 146 Å². The van der Waals surface area contributed by atoms with Crippen molar-refractivity contribution >= 4 is 162 Å². The third kappa shape index (κ3) is 24.8. The highest BCUT2D eigenvalue weighted by atomic mass is 16.5. The van der Waals surface area contributed by atoms with Gasteiger partial charge in [-0.1, -0.05) is 75.3 Å². The van der Waals surface area contributed by atoms with Crippen molar-refractivity contribution in [1.82, 2.24) is 92.1 Å². The van der Waals surface area contributed by atoms with Crippen LogP contribution in [-0.4, -0.2) is 203 Å². The number of rotatable bonds is 10. The van der Waals surface area contributed by atoms with Crippen LogP contribution >= 0.6 is 0 Å². The Balaban J connectivity index is 0.000000127. The van der Waals surface area contributed by atoms with E-state index in [9.17, 15) is 81.5 Å². The topological polar surface area (TPSA) is 544 Å². The third-order valence-electron chi connectivity index (χ3n) is 26.9. The molecule has 14 heterocycles. The lowest BCUT2D eigenvalue weighted by molar-refractivity contribution is -0.142. The van der Waals surface area contributed by atoms with E-state index >= 15 is 0 Å². The van der Waals surface area contributed by atoms with Gasteiger partial charge in [-0.2, -0.15) is 0 Å². The van der Waals surface area contributed by atoms with Gasteiger partial charge in [-0.3, -0.25) is 124 Å². The highest BCUT2D eigenvalue weighted by Crippen LogP contribution is 2.53. The van der Waals surface area contributed by atoms with E-state index in [0.29, 0.717) is 143 Å². The maximum absolute atomic E-state index is 12.5. The fourth-order valence-corrected chi connectivity index (χ4v) is 18.3. The fraction of sp³-hybridized carbons (Fsp3) is 0.346. The van der Waals surface area contributed by atoms with Gasteiger partial charge in [-0.15, -0.1) is 15.3 Å². The molecule has 11 aliphatic rings. The first-order valence-corrected chi connectivity index (χ1v) is 48.8. The second-order valence-electron chi connectivity index (χ2n) is 38.1. The van der Waals surface area contributed by atoms with Gasteiger partial charge in [0.25, 0.3) is 23.6 Å². The molecule has 4 atom stereocenters. The molecule has 150 heavy (non-hydrogen) atoms. The number of benzene rings is 8. The van der Waals surface area contributed by atoms with Crippen LogP contribution in [-0.2, 0) is 81.7 Å². The zero-order valence-corrected chi connectivity index (χ0v) is 85.3. The van der Waals surface area contributed by atoms with Crippen molar-refractivity contribution in [1.29, 1.82) is 0 Å². The Morgan fingerprint density at radius 2 is 0.720 bits per heavy atom. The Hall–Kier alpha value is -17.7. The molecule has 4 aromatic heterocycles. The zero-order valence-electron chi connectivity index (χ0n) is 85.3. The average molecular weight is 2040 g/mol. The molecule has 7 saturated heterocycles. The highest BCUT2D eigenvalue weighted by Gasteiger charge is 2.58. The van der Waals surface area contributed by atoms with Gasteiger partial charge in [0, 0.05) is 81.6 Å². The van der Waals surface area contributed by atoms with Crippen LogP contribution in [0.25, 0.3) is 33.1 Å². The number of methoxy groups -OCH3 is 3. The maximum atomic E-state index is 12.5. The summed E-state index contributed by atoms with van der Waals surface area (Å²) in [5.41, 5.74) is 24.1. The Labute approximate surface area is 860 Å². The lowest BCUT2D eigenvalue weighted by Gasteiger charge is -2.33. The van der Waals surface area contributed by atoms with Crippen molar-refractivity contribution in [2.75, 3.05) is 66.3 Å². The molecule has 43 heteroatoms. The van der Waals surface area contributed by atoms with Crippen molar-refractivity contribution in [2.45, 2.75) is 197 Å². The molecule has 1 spiro atoms.